The van der Waals surface area contributed by atoms with E-state index >= 15 is 0 Å². The van der Waals surface area contributed by atoms with Crippen molar-refractivity contribution in [1.82, 2.24) is 0 Å². The first-order chi connectivity index (χ1) is 3.41. The van der Waals surface area contributed by atoms with Gasteiger partial charge in [0.05, 0.1) is 0 Å². The molecule has 0 bridgehead atoms. The van der Waals surface area contributed by atoms with E-state index in [1.54, 1.807) is 0 Å². The average molecular weight is 207 g/mol. The first-order valence-electron chi connectivity index (χ1n) is 1.09. The minimum absolute atomic E-state index is 0. The molecule has 0 saturated carbocycles. The zero-order valence-electron chi connectivity index (χ0n) is 5.40. The van der Waals surface area contributed by atoms with Crippen LogP contribution in [-0.4, -0.2) is 22.4 Å². The van der Waals surface area contributed by atoms with Gasteiger partial charge in [-0.1, -0.05) is 0 Å². The van der Waals surface area contributed by atoms with E-state index in [1.807, 2.05) is 0 Å². The molecule has 10 heteroatoms. The van der Waals surface area contributed by atoms with E-state index in [0.29, 0.717) is 0 Å². The van der Waals surface area contributed by atoms with Crippen LogP contribution >= 0.6 is 8.69 Å². The fraction of sp³-hybridized carbons (Fsp3) is 0. The molecule has 0 fully saturated rings. The van der Waals surface area contributed by atoms with Crippen molar-refractivity contribution in [3.05, 3.63) is 0 Å². The third-order valence-electron chi connectivity index (χ3n) is 0. The van der Waals surface area contributed by atoms with Crippen LogP contribution in [0.2, 0.25) is 0 Å². The van der Waals surface area contributed by atoms with Crippen molar-refractivity contribution in [2.24, 2.45) is 0 Å². The molecule has 0 spiro atoms. The van der Waals surface area contributed by atoms with Gasteiger partial charge in [-0.15, -0.1) is 0 Å². The molecule has 6 nitrogen and oxygen atoms in total. The summed E-state index contributed by atoms with van der Waals surface area (Å²) >= 11 is 0. The standard InChI is InChI=1S/2Na.H2O4S.HO2P/c;;1-5(2,3)4;1-3-2/h;;(H2,1,2,3,4);3H/q2*+1;;/p-1. The van der Waals surface area contributed by atoms with Crippen LogP contribution in [0.5, 0.6) is 0 Å². The summed E-state index contributed by atoms with van der Waals surface area (Å²) < 4.78 is 42.6. The van der Waals surface area contributed by atoms with Crippen molar-refractivity contribution in [2.45, 2.75) is 0 Å². The molecule has 1 N–H and O–H groups in total. The van der Waals surface area contributed by atoms with Crippen molar-refractivity contribution in [1.29, 1.82) is 0 Å². The predicted octanol–water partition coefficient (Wildman–Crippen LogP) is -7.41. The van der Waals surface area contributed by atoms with Gasteiger partial charge in [0.15, 0.2) is 0 Å². The van der Waals surface area contributed by atoms with Crippen LogP contribution in [0.25, 0.3) is 0 Å². The molecular formula is H2Na2O6PS+. The Morgan fingerprint density at radius 2 is 1.20 bits per heavy atom. The summed E-state index contributed by atoms with van der Waals surface area (Å²) in [6.45, 7) is 0. The molecule has 0 aromatic rings. The second-order valence-corrected chi connectivity index (χ2v) is 1.50. The molecule has 1 unspecified atom stereocenters. The Morgan fingerprint density at radius 1 is 1.20 bits per heavy atom. The molecule has 1 atom stereocenters. The summed E-state index contributed by atoms with van der Waals surface area (Å²) in [5.74, 6) is 0. The summed E-state index contributed by atoms with van der Waals surface area (Å²) in [5.41, 5.74) is 0. The molecule has 0 rings (SSSR count). The molecule has 0 aliphatic carbocycles. The van der Waals surface area contributed by atoms with Crippen LogP contribution in [0, 0.1) is 0 Å². The first kappa shape index (κ1) is 22.7. The zero-order valence-corrected chi connectivity index (χ0v) is 11.2. The van der Waals surface area contributed by atoms with E-state index in [0.717, 1.165) is 0 Å². The van der Waals surface area contributed by atoms with Gasteiger partial charge in [0, 0.05) is 10.4 Å². The van der Waals surface area contributed by atoms with Crippen LogP contribution < -0.4 is 59.1 Å². The van der Waals surface area contributed by atoms with Gasteiger partial charge >= 0.3 is 67.8 Å². The molecule has 0 aliphatic rings. The minimum atomic E-state index is -5.17. The van der Waals surface area contributed by atoms with Crippen LogP contribution in [-0.2, 0) is 15.0 Å². The van der Waals surface area contributed by atoms with Crippen molar-refractivity contribution in [3.8, 4) is 0 Å². The Morgan fingerprint density at radius 3 is 1.20 bits per heavy atom. The van der Waals surface area contributed by atoms with Crippen LogP contribution in [0.3, 0.4) is 0 Å². The maximum absolute atomic E-state index is 8.52. The molecule has 50 valence electrons. The molecule has 0 aromatic heterocycles. The fourth-order valence-electron chi connectivity index (χ4n) is 0. The fourth-order valence-corrected chi connectivity index (χ4v) is 0. The normalized spacial score (nSPS) is 7.90. The minimum Gasteiger partial charge on any atom is -0.759 e. The zero-order chi connectivity index (χ0) is 7.21. The molecule has 0 radical (unpaired) electrons. The SMILES string of the molecule is O=S(=O)([O-])[O-].O=[PH+]O.[Na+].[Na+]. The smallest absolute Gasteiger partial charge is 0.759 e. The van der Waals surface area contributed by atoms with Crippen molar-refractivity contribution in [2.75, 3.05) is 0 Å². The Kier molecular flexibility index (Phi) is 30.6. The number of hydrogen-bond acceptors (Lipinski definition) is 5. The largest absolute Gasteiger partial charge is 1.00 e. The summed E-state index contributed by atoms with van der Waals surface area (Å²) in [6.07, 6.45) is 0. The summed E-state index contributed by atoms with van der Waals surface area (Å²) in [4.78, 5) is 7.04. The van der Waals surface area contributed by atoms with Gasteiger partial charge in [-0.3, -0.25) is 8.42 Å². The quantitative estimate of drug-likeness (QED) is 0.182. The summed E-state index contributed by atoms with van der Waals surface area (Å²) in [7, 11) is -6.33. The van der Waals surface area contributed by atoms with Gasteiger partial charge in [-0.05, 0) is 4.57 Å². The van der Waals surface area contributed by atoms with E-state index in [2.05, 4.69) is 0 Å². The summed E-state index contributed by atoms with van der Waals surface area (Å²) in [5, 5.41) is 0. The van der Waals surface area contributed by atoms with Gasteiger partial charge < -0.3 is 9.11 Å². The van der Waals surface area contributed by atoms with E-state index in [1.165, 1.54) is 0 Å². The number of hydrogen-bond donors (Lipinski definition) is 1. The molecule has 10 heavy (non-hydrogen) atoms. The van der Waals surface area contributed by atoms with Gasteiger partial charge in [-0.2, -0.15) is 4.89 Å². The molecule has 0 saturated heterocycles. The first-order valence-corrected chi connectivity index (χ1v) is 3.28. The Bertz CT molecular complexity index is 130. The van der Waals surface area contributed by atoms with Gasteiger partial charge in [0.25, 0.3) is 0 Å². The molecule has 0 amide bonds. The maximum Gasteiger partial charge on any atom is 1.00 e. The van der Waals surface area contributed by atoms with Gasteiger partial charge in [-0.25, -0.2) is 0 Å². The Labute approximate surface area is 104 Å². The van der Waals surface area contributed by atoms with Crippen molar-refractivity contribution >= 4 is 19.1 Å². The molecular weight excluding hydrogens is 205 g/mol. The topological polar surface area (TPSA) is 118 Å². The van der Waals surface area contributed by atoms with E-state index in [9.17, 15) is 0 Å². The Balaban J connectivity index is -0.0000000326. The third kappa shape index (κ3) is 213. The second kappa shape index (κ2) is 13.5. The monoisotopic (exact) mass is 207 g/mol. The predicted molar refractivity (Wildman–Crippen MR) is 21.7 cm³/mol. The maximum atomic E-state index is 8.52. The van der Waals surface area contributed by atoms with E-state index < -0.39 is 19.1 Å². The average Bonchev–Trinajstić information content (AvgIpc) is 1.27. The van der Waals surface area contributed by atoms with Crippen molar-refractivity contribution in [3.63, 3.8) is 0 Å². The second-order valence-electron chi connectivity index (χ2n) is 0.500. The number of rotatable bonds is 0. The van der Waals surface area contributed by atoms with Crippen LogP contribution in [0.4, 0.5) is 0 Å². The van der Waals surface area contributed by atoms with Gasteiger partial charge in [0.2, 0.25) is 0 Å². The molecule has 0 heterocycles. The summed E-state index contributed by atoms with van der Waals surface area (Å²) in [6, 6.07) is 0. The van der Waals surface area contributed by atoms with E-state index in [-0.39, 0.29) is 59.1 Å². The Hall–Kier alpha value is 1.93. The van der Waals surface area contributed by atoms with Crippen LogP contribution in [0.15, 0.2) is 0 Å². The van der Waals surface area contributed by atoms with Crippen molar-refractivity contribution < 1.29 is 86.1 Å². The van der Waals surface area contributed by atoms with E-state index in [4.69, 9.17) is 27.0 Å². The molecule has 0 aliphatic heterocycles. The van der Waals surface area contributed by atoms with Crippen LogP contribution in [0.1, 0.15) is 0 Å². The molecule has 0 aromatic carbocycles. The van der Waals surface area contributed by atoms with Gasteiger partial charge in [0.1, 0.15) is 0 Å². The third-order valence-corrected chi connectivity index (χ3v) is 0.